The summed E-state index contributed by atoms with van der Waals surface area (Å²) in [6.45, 7) is 6.22. The second kappa shape index (κ2) is 10.4. The zero-order valence-electron chi connectivity index (χ0n) is 16.8. The lowest BCUT2D eigenvalue weighted by atomic mass is 10.0. The third-order valence-corrected chi connectivity index (χ3v) is 5.14. The Bertz CT molecular complexity index is 649. The molecule has 2 rings (SSSR count). The average Bonchev–Trinajstić information content (AvgIpc) is 2.66. The van der Waals surface area contributed by atoms with Crippen LogP contribution in [0.5, 0.6) is 0 Å². The Morgan fingerprint density at radius 1 is 1.41 bits per heavy atom. The topological polar surface area (TPSA) is 60.0 Å². The summed E-state index contributed by atoms with van der Waals surface area (Å²) in [7, 11) is 3.49. The van der Waals surface area contributed by atoms with Gasteiger partial charge in [0.1, 0.15) is 6.54 Å². The van der Waals surface area contributed by atoms with Crippen LogP contribution in [-0.4, -0.2) is 62.6 Å². The maximum atomic E-state index is 11.9. The highest BCUT2D eigenvalue weighted by Crippen LogP contribution is 2.27. The number of carbonyl (C=O) groups is 1. The van der Waals surface area contributed by atoms with E-state index in [0.29, 0.717) is 5.96 Å². The first-order chi connectivity index (χ1) is 12.9. The van der Waals surface area contributed by atoms with Crippen molar-refractivity contribution in [1.82, 2.24) is 15.5 Å². The largest absolute Gasteiger partial charge is 0.368 e. The molecule has 0 spiro atoms. The van der Waals surface area contributed by atoms with Crippen LogP contribution in [0.4, 0.5) is 5.69 Å². The summed E-state index contributed by atoms with van der Waals surface area (Å²) in [5.41, 5.74) is 1.07. The number of hydrogen-bond acceptors (Lipinski definition) is 3. The molecular formula is C20H32ClN5O. The Morgan fingerprint density at radius 3 is 2.81 bits per heavy atom. The van der Waals surface area contributed by atoms with Crippen LogP contribution in [0, 0.1) is 0 Å². The highest BCUT2D eigenvalue weighted by molar-refractivity contribution is 6.33. The first-order valence-electron chi connectivity index (χ1n) is 9.67. The molecule has 150 valence electrons. The molecule has 1 amide bonds. The number of anilines is 1. The van der Waals surface area contributed by atoms with Crippen molar-refractivity contribution in [3.05, 3.63) is 29.3 Å². The quantitative estimate of drug-likeness (QED) is 0.576. The predicted molar refractivity (Wildman–Crippen MR) is 114 cm³/mol. The lowest BCUT2D eigenvalue weighted by Crippen LogP contribution is -2.53. The predicted octanol–water partition coefficient (Wildman–Crippen LogP) is 2.73. The summed E-state index contributed by atoms with van der Waals surface area (Å²) in [5.74, 6) is 0.687. The fourth-order valence-electron chi connectivity index (χ4n) is 2.97. The molecule has 0 aromatic heterocycles. The normalized spacial score (nSPS) is 18.8. The molecule has 7 heteroatoms. The number of amides is 1. The van der Waals surface area contributed by atoms with Crippen molar-refractivity contribution in [1.29, 1.82) is 0 Å². The van der Waals surface area contributed by atoms with E-state index in [-0.39, 0.29) is 24.5 Å². The highest BCUT2D eigenvalue weighted by Gasteiger charge is 2.22. The SMILES string of the molecule is CCC(C)NC(=NCC(=O)N(C)C)NC1CCCN(c2ccccc2Cl)C1. The molecule has 1 aliphatic rings. The minimum Gasteiger partial charge on any atom is -0.368 e. The van der Waals surface area contributed by atoms with Gasteiger partial charge < -0.3 is 20.4 Å². The molecule has 1 aromatic carbocycles. The van der Waals surface area contributed by atoms with Gasteiger partial charge in [-0.25, -0.2) is 4.99 Å². The first kappa shape index (κ1) is 21.4. The Kier molecular flexibility index (Phi) is 8.23. The molecule has 6 nitrogen and oxygen atoms in total. The molecule has 0 radical (unpaired) electrons. The van der Waals surface area contributed by atoms with Gasteiger partial charge in [0.05, 0.1) is 10.7 Å². The molecule has 2 N–H and O–H groups in total. The third-order valence-electron chi connectivity index (χ3n) is 4.82. The fraction of sp³-hybridized carbons (Fsp3) is 0.600. The van der Waals surface area contributed by atoms with E-state index in [1.807, 2.05) is 18.2 Å². The van der Waals surface area contributed by atoms with Crippen molar-refractivity contribution < 1.29 is 4.79 Å². The van der Waals surface area contributed by atoms with Crippen LogP contribution in [0.15, 0.2) is 29.3 Å². The number of likely N-dealkylation sites (N-methyl/N-ethyl adjacent to an activating group) is 1. The summed E-state index contributed by atoms with van der Waals surface area (Å²) in [6.07, 6.45) is 3.12. The Balaban J connectivity index is 2.05. The second-order valence-electron chi connectivity index (χ2n) is 7.29. The lowest BCUT2D eigenvalue weighted by molar-refractivity contribution is -0.127. The number of halogens is 1. The number of benzene rings is 1. The minimum atomic E-state index is -0.0124. The fourth-order valence-corrected chi connectivity index (χ4v) is 3.23. The average molecular weight is 394 g/mol. The number of rotatable bonds is 6. The molecular weight excluding hydrogens is 362 g/mol. The van der Waals surface area contributed by atoms with E-state index in [2.05, 4.69) is 40.4 Å². The standard InChI is InChI=1S/C20H32ClN5O/c1-5-15(2)23-20(22-13-19(27)25(3)4)24-16-9-8-12-26(14-16)18-11-7-6-10-17(18)21/h6-7,10-11,15-16H,5,8-9,12-14H2,1-4H3,(H2,22,23,24). The molecule has 1 aliphatic heterocycles. The van der Waals surface area contributed by atoms with Gasteiger partial charge in [0.25, 0.3) is 0 Å². The van der Waals surface area contributed by atoms with Crippen molar-refractivity contribution in [2.75, 3.05) is 38.6 Å². The number of aliphatic imine (C=N–C) groups is 1. The Hall–Kier alpha value is -1.95. The van der Waals surface area contributed by atoms with Crippen molar-refractivity contribution in [3.8, 4) is 0 Å². The summed E-state index contributed by atoms with van der Waals surface area (Å²) in [5, 5.41) is 7.69. The number of para-hydroxylation sites is 1. The van der Waals surface area contributed by atoms with Crippen LogP contribution in [-0.2, 0) is 4.79 Å². The smallest absolute Gasteiger partial charge is 0.243 e. The Labute approximate surface area is 168 Å². The van der Waals surface area contributed by atoms with Crippen molar-refractivity contribution >= 4 is 29.2 Å². The molecule has 1 fully saturated rings. The molecule has 2 atom stereocenters. The van der Waals surface area contributed by atoms with Gasteiger partial charge in [0.15, 0.2) is 5.96 Å². The van der Waals surface area contributed by atoms with Crippen LogP contribution < -0.4 is 15.5 Å². The first-order valence-corrected chi connectivity index (χ1v) is 10.1. The van der Waals surface area contributed by atoms with Gasteiger partial charge in [0.2, 0.25) is 5.91 Å². The van der Waals surface area contributed by atoms with Gasteiger partial charge >= 0.3 is 0 Å². The van der Waals surface area contributed by atoms with Crippen molar-refractivity contribution in [2.24, 2.45) is 4.99 Å². The van der Waals surface area contributed by atoms with Gasteiger partial charge in [-0.15, -0.1) is 0 Å². The minimum absolute atomic E-state index is 0.0124. The van der Waals surface area contributed by atoms with E-state index in [1.165, 1.54) is 0 Å². The van der Waals surface area contributed by atoms with Crippen LogP contribution in [0.3, 0.4) is 0 Å². The number of guanidine groups is 1. The van der Waals surface area contributed by atoms with Crippen molar-refractivity contribution in [3.63, 3.8) is 0 Å². The number of hydrogen-bond donors (Lipinski definition) is 2. The molecule has 1 aromatic rings. The van der Waals surface area contributed by atoms with Crippen LogP contribution in [0.1, 0.15) is 33.1 Å². The van der Waals surface area contributed by atoms with Crippen LogP contribution in [0.2, 0.25) is 5.02 Å². The molecule has 1 saturated heterocycles. The summed E-state index contributed by atoms with van der Waals surface area (Å²) < 4.78 is 0. The summed E-state index contributed by atoms with van der Waals surface area (Å²) in [6, 6.07) is 8.50. The van der Waals surface area contributed by atoms with Crippen LogP contribution in [0.25, 0.3) is 0 Å². The van der Waals surface area contributed by atoms with Gasteiger partial charge in [-0.2, -0.15) is 0 Å². The zero-order chi connectivity index (χ0) is 19.8. The van der Waals surface area contributed by atoms with Crippen LogP contribution >= 0.6 is 11.6 Å². The summed E-state index contributed by atoms with van der Waals surface area (Å²) in [4.78, 5) is 20.3. The molecule has 0 saturated carbocycles. The number of carbonyl (C=O) groups excluding carboxylic acids is 1. The van der Waals surface area contributed by atoms with Gasteiger partial charge in [0, 0.05) is 39.3 Å². The van der Waals surface area contributed by atoms with Crippen molar-refractivity contribution in [2.45, 2.75) is 45.2 Å². The van der Waals surface area contributed by atoms with Gasteiger partial charge in [-0.3, -0.25) is 4.79 Å². The Morgan fingerprint density at radius 2 is 2.15 bits per heavy atom. The van der Waals surface area contributed by atoms with Gasteiger partial charge in [-0.05, 0) is 38.3 Å². The number of nitrogens with one attached hydrogen (secondary N) is 2. The van der Waals surface area contributed by atoms with E-state index in [1.54, 1.807) is 19.0 Å². The maximum Gasteiger partial charge on any atom is 0.243 e. The van der Waals surface area contributed by atoms with E-state index in [4.69, 9.17) is 11.6 Å². The van der Waals surface area contributed by atoms with E-state index in [0.717, 1.165) is 43.1 Å². The molecule has 0 bridgehead atoms. The lowest BCUT2D eigenvalue weighted by Gasteiger charge is -2.36. The van der Waals surface area contributed by atoms with Gasteiger partial charge in [-0.1, -0.05) is 30.7 Å². The molecule has 2 unspecified atom stereocenters. The number of nitrogens with zero attached hydrogens (tertiary/aromatic N) is 3. The molecule has 0 aliphatic carbocycles. The molecule has 27 heavy (non-hydrogen) atoms. The molecule has 1 heterocycles. The van der Waals surface area contributed by atoms with E-state index >= 15 is 0 Å². The third kappa shape index (κ3) is 6.61. The monoisotopic (exact) mass is 393 g/mol. The van der Waals surface area contributed by atoms with E-state index in [9.17, 15) is 4.79 Å². The zero-order valence-corrected chi connectivity index (χ0v) is 17.6. The summed E-state index contributed by atoms with van der Waals surface area (Å²) >= 11 is 6.37. The second-order valence-corrected chi connectivity index (χ2v) is 7.69. The highest BCUT2D eigenvalue weighted by atomic mass is 35.5. The number of piperidine rings is 1. The van der Waals surface area contributed by atoms with E-state index < -0.39 is 0 Å². The maximum absolute atomic E-state index is 11.9.